The monoisotopic (exact) mass is 380 g/mol. The van der Waals surface area contributed by atoms with E-state index in [1.165, 1.54) is 11.0 Å². The molecule has 27 heavy (non-hydrogen) atoms. The molecule has 7 nitrogen and oxygen atoms in total. The second kappa shape index (κ2) is 7.49. The van der Waals surface area contributed by atoms with Gasteiger partial charge in [-0.1, -0.05) is 6.07 Å². The summed E-state index contributed by atoms with van der Waals surface area (Å²) in [4.78, 5) is 28.1. The van der Waals surface area contributed by atoms with Crippen LogP contribution in [0, 0.1) is 5.82 Å². The molecule has 0 saturated carbocycles. The molecule has 0 aromatic heterocycles. The van der Waals surface area contributed by atoms with Gasteiger partial charge in [-0.05, 0) is 18.6 Å². The summed E-state index contributed by atoms with van der Waals surface area (Å²) in [6, 6.07) is 4.66. The largest absolute Gasteiger partial charge is 0.379 e. The van der Waals surface area contributed by atoms with Gasteiger partial charge in [-0.15, -0.1) is 0 Å². The Balaban J connectivity index is 1.44. The summed E-state index contributed by atoms with van der Waals surface area (Å²) in [6.45, 7) is 2.39. The fraction of sp³-hybridized carbons (Fsp3) is 0.556. The number of rotatable bonds is 3. The van der Waals surface area contributed by atoms with Gasteiger partial charge in [-0.3, -0.25) is 19.8 Å². The lowest BCUT2D eigenvalue weighted by Gasteiger charge is -2.41. The highest BCUT2D eigenvalue weighted by molar-refractivity contribution is 5.96. The predicted octanol–water partition coefficient (Wildman–Crippen LogP) is 0.147. The zero-order chi connectivity index (χ0) is 19.0. The third-order valence-electron chi connectivity index (χ3n) is 5.31. The van der Waals surface area contributed by atoms with Crippen LogP contribution in [0.25, 0.3) is 0 Å². The third-order valence-corrected chi connectivity index (χ3v) is 5.31. The topological polar surface area (TPSA) is 73.9 Å². The zero-order valence-corrected chi connectivity index (χ0v) is 14.8. The molecule has 146 valence electrons. The maximum absolute atomic E-state index is 14.4. The number of amides is 2. The summed E-state index contributed by atoms with van der Waals surface area (Å²) in [5.41, 5.74) is 1.09. The molecule has 3 unspecified atom stereocenters. The maximum atomic E-state index is 14.4. The van der Waals surface area contributed by atoms with E-state index in [1.807, 2.05) is 4.90 Å². The third kappa shape index (κ3) is 3.54. The van der Waals surface area contributed by atoms with Crippen LogP contribution in [0.4, 0.5) is 14.5 Å². The normalized spacial score (nSPS) is 28.7. The smallest absolute Gasteiger partial charge is 0.258 e. The van der Waals surface area contributed by atoms with Gasteiger partial charge in [0.25, 0.3) is 5.91 Å². The fourth-order valence-electron chi connectivity index (χ4n) is 3.92. The number of fused-ring (bicyclic) bond motifs is 1. The number of halogens is 2. The Labute approximate surface area is 155 Å². The number of morpholine rings is 1. The standard InChI is InChI=1S/C18H22F2N4O3/c19-12-2-1-3-13-11(12)4-5-24(13)15(25)10-14-21-17(16(20)18(26)22-14)23-6-8-27-9-7-23/h1-3,14,16-17,21H,4-10H2,(H,22,26). The summed E-state index contributed by atoms with van der Waals surface area (Å²) in [6.07, 6.45) is -2.75. The van der Waals surface area contributed by atoms with Crippen LogP contribution >= 0.6 is 0 Å². The molecule has 3 heterocycles. The lowest BCUT2D eigenvalue weighted by Crippen LogP contribution is -2.69. The van der Waals surface area contributed by atoms with Crippen molar-refractivity contribution < 1.29 is 23.1 Å². The van der Waals surface area contributed by atoms with Crippen LogP contribution in [0.15, 0.2) is 18.2 Å². The molecule has 0 spiro atoms. The lowest BCUT2D eigenvalue weighted by molar-refractivity contribution is -0.137. The van der Waals surface area contributed by atoms with Gasteiger partial charge in [-0.2, -0.15) is 0 Å². The van der Waals surface area contributed by atoms with Gasteiger partial charge in [0, 0.05) is 30.9 Å². The number of hydrogen-bond donors (Lipinski definition) is 2. The fourth-order valence-corrected chi connectivity index (χ4v) is 3.92. The van der Waals surface area contributed by atoms with Crippen molar-refractivity contribution in [2.45, 2.75) is 31.3 Å². The first-order valence-electron chi connectivity index (χ1n) is 9.14. The van der Waals surface area contributed by atoms with Crippen molar-refractivity contribution in [3.05, 3.63) is 29.6 Å². The van der Waals surface area contributed by atoms with Gasteiger partial charge in [0.2, 0.25) is 12.1 Å². The first kappa shape index (κ1) is 18.3. The lowest BCUT2D eigenvalue weighted by atomic mass is 10.1. The van der Waals surface area contributed by atoms with Crippen LogP contribution in [-0.2, 0) is 20.7 Å². The number of carbonyl (C=O) groups excluding carboxylic acids is 2. The number of ether oxygens (including phenoxy) is 1. The second-order valence-corrected chi connectivity index (χ2v) is 6.96. The van der Waals surface area contributed by atoms with E-state index < -0.39 is 24.4 Å². The number of benzene rings is 1. The molecule has 2 amide bonds. The van der Waals surface area contributed by atoms with Crippen molar-refractivity contribution >= 4 is 17.5 Å². The number of carbonyl (C=O) groups is 2. The first-order valence-corrected chi connectivity index (χ1v) is 9.14. The molecule has 0 aliphatic carbocycles. The molecule has 0 radical (unpaired) electrons. The van der Waals surface area contributed by atoms with Crippen LogP contribution in [0.3, 0.4) is 0 Å². The molecule has 2 N–H and O–H groups in total. The van der Waals surface area contributed by atoms with Crippen LogP contribution < -0.4 is 15.5 Å². The Bertz CT molecular complexity index is 741. The minimum atomic E-state index is -1.71. The van der Waals surface area contributed by atoms with E-state index in [-0.39, 0.29) is 18.1 Å². The summed E-state index contributed by atoms with van der Waals surface area (Å²) in [5, 5.41) is 5.56. The van der Waals surface area contributed by atoms with Crippen LogP contribution in [-0.4, -0.2) is 68.1 Å². The van der Waals surface area contributed by atoms with Gasteiger partial charge in [-0.25, -0.2) is 8.78 Å². The highest BCUT2D eigenvalue weighted by Crippen LogP contribution is 2.30. The van der Waals surface area contributed by atoms with Crippen LogP contribution in [0.5, 0.6) is 0 Å². The number of nitrogens with one attached hydrogen (secondary N) is 2. The van der Waals surface area contributed by atoms with Crippen molar-refractivity contribution in [2.75, 3.05) is 37.7 Å². The average molecular weight is 380 g/mol. The summed E-state index contributed by atoms with van der Waals surface area (Å²) in [7, 11) is 0. The van der Waals surface area contributed by atoms with Gasteiger partial charge in [0.1, 0.15) is 12.0 Å². The minimum Gasteiger partial charge on any atom is -0.379 e. The van der Waals surface area contributed by atoms with Crippen molar-refractivity contribution in [1.29, 1.82) is 0 Å². The van der Waals surface area contributed by atoms with Gasteiger partial charge in [0.15, 0.2) is 0 Å². The van der Waals surface area contributed by atoms with Crippen molar-refractivity contribution in [1.82, 2.24) is 15.5 Å². The summed E-state index contributed by atoms with van der Waals surface area (Å²) < 4.78 is 33.5. The number of alkyl halides is 1. The SMILES string of the molecule is O=C1NC(CC(=O)N2CCc3c(F)cccc32)NC(N2CCOCC2)C1F. The Morgan fingerprint density at radius 3 is 2.81 bits per heavy atom. The highest BCUT2D eigenvalue weighted by atomic mass is 19.1. The molecular formula is C18H22F2N4O3. The number of hydrogen-bond acceptors (Lipinski definition) is 5. The Hall–Kier alpha value is -2.10. The Morgan fingerprint density at radius 2 is 2.04 bits per heavy atom. The van der Waals surface area contributed by atoms with E-state index in [0.717, 1.165) is 0 Å². The highest BCUT2D eigenvalue weighted by Gasteiger charge is 2.41. The molecule has 3 atom stereocenters. The molecule has 3 aliphatic rings. The van der Waals surface area contributed by atoms with Gasteiger partial charge < -0.3 is 15.0 Å². The molecule has 2 fully saturated rings. The summed E-state index contributed by atoms with van der Waals surface area (Å²) in [5.74, 6) is -1.29. The van der Waals surface area contributed by atoms with Crippen LogP contribution in [0.1, 0.15) is 12.0 Å². The zero-order valence-electron chi connectivity index (χ0n) is 14.8. The average Bonchev–Trinajstić information content (AvgIpc) is 3.11. The Kier molecular flexibility index (Phi) is 5.07. The molecule has 9 heteroatoms. The second-order valence-electron chi connectivity index (χ2n) is 6.96. The van der Waals surface area contributed by atoms with Crippen LogP contribution in [0.2, 0.25) is 0 Å². The van der Waals surface area contributed by atoms with Crippen molar-refractivity contribution in [3.63, 3.8) is 0 Å². The van der Waals surface area contributed by atoms with Crippen molar-refractivity contribution in [3.8, 4) is 0 Å². The number of nitrogens with zero attached hydrogens (tertiary/aromatic N) is 2. The van der Waals surface area contributed by atoms with Crippen molar-refractivity contribution in [2.24, 2.45) is 0 Å². The van der Waals surface area contributed by atoms with Gasteiger partial charge in [0.05, 0.1) is 25.8 Å². The number of anilines is 1. The van der Waals surface area contributed by atoms with E-state index >= 15 is 0 Å². The molecule has 2 saturated heterocycles. The van der Waals surface area contributed by atoms with E-state index in [0.29, 0.717) is 50.5 Å². The van der Waals surface area contributed by atoms with E-state index in [9.17, 15) is 18.4 Å². The minimum absolute atomic E-state index is 0.0325. The summed E-state index contributed by atoms with van der Waals surface area (Å²) >= 11 is 0. The molecular weight excluding hydrogens is 358 g/mol. The predicted molar refractivity (Wildman–Crippen MR) is 93.2 cm³/mol. The Morgan fingerprint density at radius 1 is 1.26 bits per heavy atom. The quantitative estimate of drug-likeness (QED) is 0.781. The van der Waals surface area contributed by atoms with E-state index in [4.69, 9.17) is 4.74 Å². The maximum Gasteiger partial charge on any atom is 0.258 e. The van der Waals surface area contributed by atoms with E-state index in [2.05, 4.69) is 10.6 Å². The molecule has 0 bridgehead atoms. The first-order chi connectivity index (χ1) is 13.0. The molecule has 3 aliphatic heterocycles. The molecule has 1 aromatic rings. The van der Waals surface area contributed by atoms with E-state index in [1.54, 1.807) is 12.1 Å². The molecule has 4 rings (SSSR count). The molecule has 1 aromatic carbocycles. The van der Waals surface area contributed by atoms with Gasteiger partial charge >= 0.3 is 0 Å².